The summed E-state index contributed by atoms with van der Waals surface area (Å²) in [5.74, 6) is -0.00767. The monoisotopic (exact) mass is 925 g/mol. The maximum Gasteiger partial charge on any atom is 0.347 e. The molecule has 0 aliphatic carbocycles. The minimum Gasteiger partial charge on any atom is -0.506 e. The molecule has 0 bridgehead atoms. The smallest absolute Gasteiger partial charge is 0.347 e. The van der Waals surface area contributed by atoms with Crippen LogP contribution in [0.5, 0.6) is 11.5 Å². The van der Waals surface area contributed by atoms with Crippen molar-refractivity contribution in [2.75, 3.05) is 33.4 Å². The number of piperidine rings is 1. The molecule has 66 heavy (non-hydrogen) atoms. The minimum absolute atomic E-state index is 0. The Hall–Kier alpha value is -6.06. The number of thiophene rings is 1. The molecular weight excluding hydrogens is 871 g/mol. The van der Waals surface area contributed by atoms with Crippen LogP contribution in [0, 0.1) is 5.92 Å². The van der Waals surface area contributed by atoms with E-state index in [4.69, 9.17) is 9.47 Å². The molecule has 5 aromatic carbocycles. The van der Waals surface area contributed by atoms with Crippen LogP contribution in [0.25, 0.3) is 22.0 Å². The first-order valence-electron chi connectivity index (χ1n) is 21.9. The molecule has 342 valence electrons. The zero-order chi connectivity index (χ0) is 45.3. The normalized spacial score (nSPS) is 14.5. The number of fused-ring (bicyclic) bond motifs is 1. The number of aliphatic hydroxyl groups excluding tert-OH is 1. The topological polar surface area (TPSA) is 161 Å². The molecule has 8 rings (SSSR count). The van der Waals surface area contributed by atoms with E-state index in [0.29, 0.717) is 52.8 Å². The van der Waals surface area contributed by atoms with Crippen LogP contribution in [0.3, 0.4) is 0 Å². The molecule has 5 N–H and O–H groups in total. The Labute approximate surface area is 395 Å². The SMILES string of the molecule is COc1cc(C(=O)CCc2cc(-c3ccc([C@](O)(C(=O)OCC4CCN(Cc5ccccc5)CC4)c4ccccc4)cc3)cs2)ccc1CNC[C@H](O)c1ccc(O)c2[nH]c(=O)ccc12.S. The summed E-state index contributed by atoms with van der Waals surface area (Å²) >= 11 is 1.57. The van der Waals surface area contributed by atoms with Gasteiger partial charge in [0.15, 0.2) is 5.78 Å². The molecule has 0 saturated carbocycles. The van der Waals surface area contributed by atoms with Crippen molar-refractivity contribution in [1.82, 2.24) is 15.2 Å². The maximum atomic E-state index is 13.9. The van der Waals surface area contributed by atoms with Crippen molar-refractivity contribution < 1.29 is 34.4 Å². The Kier molecular flexibility index (Phi) is 15.9. The highest BCUT2D eigenvalue weighted by atomic mass is 32.1. The van der Waals surface area contributed by atoms with Gasteiger partial charge in [0.25, 0.3) is 0 Å². The number of carbonyl (C=O) groups excluding carboxylic acids is 2. The van der Waals surface area contributed by atoms with Crippen LogP contribution in [-0.2, 0) is 34.6 Å². The van der Waals surface area contributed by atoms with Crippen LogP contribution >= 0.6 is 24.8 Å². The van der Waals surface area contributed by atoms with E-state index in [1.807, 2.05) is 35.7 Å². The number of H-pyrrole nitrogens is 1. The summed E-state index contributed by atoms with van der Waals surface area (Å²) in [7, 11) is 1.55. The van der Waals surface area contributed by atoms with Gasteiger partial charge in [-0.25, -0.2) is 4.79 Å². The zero-order valence-electron chi connectivity index (χ0n) is 36.7. The van der Waals surface area contributed by atoms with Crippen LogP contribution in [0.2, 0.25) is 0 Å². The number of carbonyl (C=O) groups is 2. The Balaban J connectivity index is 0.00000648. The molecule has 3 heterocycles. The van der Waals surface area contributed by atoms with Gasteiger partial charge in [0.2, 0.25) is 11.2 Å². The molecule has 0 unspecified atom stereocenters. The Morgan fingerprint density at radius 1 is 0.879 bits per heavy atom. The third-order valence-corrected chi connectivity index (χ3v) is 13.3. The van der Waals surface area contributed by atoms with Crippen molar-refractivity contribution in [2.24, 2.45) is 5.92 Å². The molecule has 1 saturated heterocycles. The number of methoxy groups -OCH3 is 1. The second kappa shape index (κ2) is 22.0. The van der Waals surface area contributed by atoms with Gasteiger partial charge in [-0.1, -0.05) is 103 Å². The molecule has 0 radical (unpaired) electrons. The standard InChI is InChI=1S/C53H53N3O8S.H2S/c1-63-49-29-38(12-13-39(49)30-54-31-48(59)44-19-22-47(58)51-45(44)20-23-50(60)55-51)46(57)21-18-43-28-40(34-65-43)37-14-16-42(17-15-37)53(62,41-10-6-3-7-11-41)52(61)64-33-36-24-26-56(27-25-36)32-35-8-4-2-5-9-35;/h2-17,19-20,22-23,28-29,34,36,48,54,58-59,62H,18,21,24-27,30-33H2,1H3,(H,55,60);1H2/t48-,53-;/m0./s1. The van der Waals surface area contributed by atoms with Gasteiger partial charge in [-0.15, -0.1) is 11.3 Å². The lowest BCUT2D eigenvalue weighted by Crippen LogP contribution is -2.40. The second-order valence-electron chi connectivity index (χ2n) is 16.6. The second-order valence-corrected chi connectivity index (χ2v) is 17.6. The van der Waals surface area contributed by atoms with Crippen LogP contribution in [-0.4, -0.2) is 70.3 Å². The highest BCUT2D eigenvalue weighted by molar-refractivity contribution is 7.59. The predicted octanol–water partition coefficient (Wildman–Crippen LogP) is 8.41. The number of aromatic amines is 1. The molecule has 0 spiro atoms. The van der Waals surface area contributed by atoms with E-state index in [-0.39, 0.29) is 55.2 Å². The molecule has 2 aromatic heterocycles. The number of hydrogen-bond acceptors (Lipinski definition) is 11. The molecular formula is C53H55N3O8S2. The number of hydrogen-bond donors (Lipinski definition) is 5. The first-order chi connectivity index (χ1) is 31.6. The fraction of sp³-hybridized carbons (Fsp3) is 0.264. The molecule has 1 aliphatic heterocycles. The quantitative estimate of drug-likeness (QED) is 0.0418. The number of aliphatic hydroxyl groups is 2. The van der Waals surface area contributed by atoms with E-state index in [0.717, 1.165) is 54.0 Å². The van der Waals surface area contributed by atoms with E-state index >= 15 is 0 Å². The summed E-state index contributed by atoms with van der Waals surface area (Å²) in [5, 5.41) is 39.2. The fourth-order valence-electron chi connectivity index (χ4n) is 8.55. The van der Waals surface area contributed by atoms with Crippen molar-refractivity contribution in [3.63, 3.8) is 0 Å². The summed E-state index contributed by atoms with van der Waals surface area (Å²) < 4.78 is 11.6. The molecule has 0 amide bonds. The molecule has 13 heteroatoms. The lowest BCUT2D eigenvalue weighted by molar-refractivity contribution is -0.164. The van der Waals surface area contributed by atoms with E-state index in [1.165, 1.54) is 17.7 Å². The van der Waals surface area contributed by atoms with Crippen LogP contribution in [0.15, 0.2) is 144 Å². The number of esters is 1. The van der Waals surface area contributed by atoms with Crippen LogP contribution in [0.4, 0.5) is 0 Å². The molecule has 2 atom stereocenters. The van der Waals surface area contributed by atoms with Gasteiger partial charge >= 0.3 is 5.97 Å². The van der Waals surface area contributed by atoms with Crippen LogP contribution < -0.4 is 15.6 Å². The number of nitrogens with zero attached hydrogens (tertiary/aromatic N) is 1. The number of phenols is 1. The summed E-state index contributed by atoms with van der Waals surface area (Å²) in [6.07, 6.45) is 1.77. The average molecular weight is 926 g/mol. The number of likely N-dealkylation sites (tertiary alicyclic amines) is 1. The molecule has 7 aromatic rings. The average Bonchev–Trinajstić information content (AvgIpc) is 3.83. The first-order valence-corrected chi connectivity index (χ1v) is 22.8. The van der Waals surface area contributed by atoms with E-state index in [1.54, 1.807) is 79.1 Å². The van der Waals surface area contributed by atoms with Crippen molar-refractivity contribution in [3.05, 3.63) is 187 Å². The lowest BCUT2D eigenvalue weighted by Gasteiger charge is -2.33. The van der Waals surface area contributed by atoms with Gasteiger partial charge in [-0.3, -0.25) is 14.5 Å². The van der Waals surface area contributed by atoms with Gasteiger partial charge in [0, 0.05) is 53.5 Å². The third-order valence-electron chi connectivity index (χ3n) is 12.3. The highest BCUT2D eigenvalue weighted by Gasteiger charge is 2.42. The summed E-state index contributed by atoms with van der Waals surface area (Å²) in [6.45, 7) is 3.57. The summed E-state index contributed by atoms with van der Waals surface area (Å²) in [4.78, 5) is 45.1. The van der Waals surface area contributed by atoms with Crippen molar-refractivity contribution >= 4 is 47.5 Å². The number of rotatable bonds is 18. The number of ketones is 1. The number of benzene rings is 5. The Morgan fingerprint density at radius 3 is 2.32 bits per heavy atom. The molecule has 1 fully saturated rings. The lowest BCUT2D eigenvalue weighted by atomic mass is 9.85. The number of phenolic OH excluding ortho intramolecular Hbond substituents is 1. The van der Waals surface area contributed by atoms with Gasteiger partial charge in [0.1, 0.15) is 11.5 Å². The number of aromatic nitrogens is 1. The van der Waals surface area contributed by atoms with E-state index in [2.05, 4.69) is 45.5 Å². The Morgan fingerprint density at radius 2 is 1.59 bits per heavy atom. The van der Waals surface area contributed by atoms with Crippen LogP contribution in [0.1, 0.15) is 68.4 Å². The molecule has 11 nitrogen and oxygen atoms in total. The largest absolute Gasteiger partial charge is 0.506 e. The predicted molar refractivity (Wildman–Crippen MR) is 264 cm³/mol. The van der Waals surface area contributed by atoms with Gasteiger partial charge < -0.3 is 35.1 Å². The van der Waals surface area contributed by atoms with Gasteiger partial charge in [0.05, 0.1) is 25.3 Å². The fourth-order valence-corrected chi connectivity index (χ4v) is 9.45. The third kappa shape index (κ3) is 11.1. The number of aryl methyl sites for hydroxylation is 1. The van der Waals surface area contributed by atoms with Crippen molar-refractivity contribution in [3.8, 4) is 22.6 Å². The number of nitrogens with one attached hydrogen (secondary N) is 2. The van der Waals surface area contributed by atoms with Crippen molar-refractivity contribution in [1.29, 1.82) is 0 Å². The number of aromatic hydroxyl groups is 1. The van der Waals surface area contributed by atoms with Gasteiger partial charge in [-0.2, -0.15) is 13.5 Å². The highest BCUT2D eigenvalue weighted by Crippen LogP contribution is 2.35. The summed E-state index contributed by atoms with van der Waals surface area (Å²) in [6, 6.07) is 40.2. The molecule has 1 aliphatic rings. The zero-order valence-corrected chi connectivity index (χ0v) is 38.6. The van der Waals surface area contributed by atoms with Gasteiger partial charge in [-0.05, 0) is 101 Å². The van der Waals surface area contributed by atoms with E-state index < -0.39 is 17.7 Å². The number of pyridine rings is 1. The van der Waals surface area contributed by atoms with E-state index in [9.17, 15) is 29.7 Å². The Bertz CT molecular complexity index is 2790. The first kappa shape index (κ1) is 47.9. The summed E-state index contributed by atoms with van der Waals surface area (Å²) in [5.41, 5.74) is 3.91. The number of ether oxygens (including phenoxy) is 2. The number of Topliss-reactive ketones (excluding diaryl/α,β-unsaturated/α-hetero) is 1. The maximum absolute atomic E-state index is 13.9. The van der Waals surface area contributed by atoms with Crippen molar-refractivity contribution in [2.45, 2.75) is 50.5 Å². The minimum atomic E-state index is -1.98.